The van der Waals surface area contributed by atoms with Gasteiger partial charge < -0.3 is 5.11 Å². The van der Waals surface area contributed by atoms with E-state index in [2.05, 4.69) is 4.72 Å². The molecule has 1 rings (SSSR count). The highest BCUT2D eigenvalue weighted by atomic mass is 32.2. The minimum Gasteiger partial charge on any atom is -0.480 e. The molecule has 1 aliphatic rings. The summed E-state index contributed by atoms with van der Waals surface area (Å²) in [5.41, 5.74) is 0. The molecular weight excluding hydrogens is 206 g/mol. The Morgan fingerprint density at radius 1 is 1.57 bits per heavy atom. The number of aliphatic carboxylic acids is 1. The maximum absolute atomic E-state index is 11.4. The fourth-order valence-corrected chi connectivity index (χ4v) is 3.03. The Bertz CT molecular complexity index is 307. The molecule has 0 bridgehead atoms. The van der Waals surface area contributed by atoms with E-state index in [0.717, 1.165) is 19.3 Å². The van der Waals surface area contributed by atoms with Crippen LogP contribution in [0.2, 0.25) is 0 Å². The van der Waals surface area contributed by atoms with Crippen molar-refractivity contribution < 1.29 is 18.3 Å². The van der Waals surface area contributed by atoms with Crippen LogP contribution in [0.25, 0.3) is 0 Å². The number of rotatable bonds is 5. The Balaban J connectivity index is 2.44. The van der Waals surface area contributed by atoms with Crippen molar-refractivity contribution in [2.75, 3.05) is 5.75 Å². The Morgan fingerprint density at radius 3 is 2.50 bits per heavy atom. The van der Waals surface area contributed by atoms with Gasteiger partial charge in [-0.05, 0) is 25.7 Å². The molecule has 1 fully saturated rings. The lowest BCUT2D eigenvalue weighted by Gasteiger charge is -2.25. The van der Waals surface area contributed by atoms with Gasteiger partial charge in [-0.1, -0.05) is 6.42 Å². The molecule has 0 aliphatic heterocycles. The Hall–Kier alpha value is -0.620. The Labute approximate surface area is 83.6 Å². The van der Waals surface area contributed by atoms with Gasteiger partial charge in [0.1, 0.15) is 6.04 Å². The van der Waals surface area contributed by atoms with Crippen LogP contribution >= 0.6 is 0 Å². The summed E-state index contributed by atoms with van der Waals surface area (Å²) in [6.07, 6.45) is 2.94. The third kappa shape index (κ3) is 3.26. The predicted octanol–water partition coefficient (Wildman–Crippen LogP) is 0.179. The van der Waals surface area contributed by atoms with Crippen molar-refractivity contribution in [3.8, 4) is 0 Å². The number of sulfonamides is 1. The summed E-state index contributed by atoms with van der Waals surface area (Å²) in [5.74, 6) is -0.874. The third-order valence-corrected chi connectivity index (χ3v) is 4.03. The first-order chi connectivity index (χ1) is 6.41. The molecule has 0 spiro atoms. The van der Waals surface area contributed by atoms with Gasteiger partial charge in [0.25, 0.3) is 0 Å². The summed E-state index contributed by atoms with van der Waals surface area (Å²) in [7, 11) is -3.42. The van der Waals surface area contributed by atoms with Crippen molar-refractivity contribution in [3.63, 3.8) is 0 Å². The Morgan fingerprint density at radius 2 is 2.14 bits per heavy atom. The van der Waals surface area contributed by atoms with Gasteiger partial charge in [0.05, 0.1) is 5.75 Å². The number of nitrogens with one attached hydrogen (secondary N) is 1. The van der Waals surface area contributed by atoms with Gasteiger partial charge in [0.2, 0.25) is 10.0 Å². The molecule has 0 unspecified atom stereocenters. The maximum atomic E-state index is 11.4. The monoisotopic (exact) mass is 221 g/mol. The van der Waals surface area contributed by atoms with Gasteiger partial charge in [0, 0.05) is 0 Å². The highest BCUT2D eigenvalue weighted by Gasteiger charge is 2.26. The molecular formula is C8H15NO4S. The Kier molecular flexibility index (Phi) is 3.49. The molecule has 0 radical (unpaired) electrons. The van der Waals surface area contributed by atoms with Crippen molar-refractivity contribution in [1.29, 1.82) is 0 Å². The highest BCUT2D eigenvalue weighted by molar-refractivity contribution is 7.89. The van der Waals surface area contributed by atoms with Crippen LogP contribution in [-0.2, 0) is 14.8 Å². The van der Waals surface area contributed by atoms with Gasteiger partial charge in [-0.15, -0.1) is 0 Å². The minimum atomic E-state index is -3.42. The van der Waals surface area contributed by atoms with Crippen LogP contribution in [0.5, 0.6) is 0 Å². The van der Waals surface area contributed by atoms with Crippen LogP contribution in [0.3, 0.4) is 0 Å². The van der Waals surface area contributed by atoms with Gasteiger partial charge >= 0.3 is 5.97 Å². The van der Waals surface area contributed by atoms with Crippen molar-refractivity contribution >= 4 is 16.0 Å². The first-order valence-corrected chi connectivity index (χ1v) is 6.29. The second-order valence-electron chi connectivity index (χ2n) is 3.76. The summed E-state index contributed by atoms with van der Waals surface area (Å²) in [5, 5.41) is 8.52. The molecule has 0 aromatic carbocycles. The van der Waals surface area contributed by atoms with Gasteiger partial charge in [0.15, 0.2) is 0 Å². The SMILES string of the molecule is C[C@H](NS(=O)(=O)CC1CCC1)C(=O)O. The number of hydrogen-bond acceptors (Lipinski definition) is 3. The molecule has 1 aliphatic carbocycles. The molecule has 14 heavy (non-hydrogen) atoms. The summed E-state index contributed by atoms with van der Waals surface area (Å²) < 4.78 is 24.9. The molecule has 1 atom stereocenters. The van der Waals surface area contributed by atoms with Gasteiger partial charge in [-0.3, -0.25) is 4.79 Å². The topological polar surface area (TPSA) is 83.5 Å². The van der Waals surface area contributed by atoms with Crippen molar-refractivity contribution in [2.45, 2.75) is 32.2 Å². The fourth-order valence-electron chi connectivity index (χ4n) is 1.34. The van der Waals surface area contributed by atoms with Crippen LogP contribution in [0.15, 0.2) is 0 Å². The van der Waals surface area contributed by atoms with E-state index in [4.69, 9.17) is 5.11 Å². The van der Waals surface area contributed by atoms with Gasteiger partial charge in [-0.2, -0.15) is 0 Å². The van der Waals surface area contributed by atoms with Crippen molar-refractivity contribution in [1.82, 2.24) is 4.72 Å². The smallest absolute Gasteiger partial charge is 0.321 e. The van der Waals surface area contributed by atoms with E-state index < -0.39 is 22.0 Å². The fraction of sp³-hybridized carbons (Fsp3) is 0.875. The number of hydrogen-bond donors (Lipinski definition) is 2. The molecule has 0 heterocycles. The van der Waals surface area contributed by atoms with E-state index in [1.807, 2.05) is 0 Å². The predicted molar refractivity (Wildman–Crippen MR) is 51.4 cm³/mol. The van der Waals surface area contributed by atoms with Gasteiger partial charge in [-0.25, -0.2) is 13.1 Å². The zero-order valence-corrected chi connectivity index (χ0v) is 8.88. The molecule has 0 aromatic heterocycles. The highest BCUT2D eigenvalue weighted by Crippen LogP contribution is 2.27. The zero-order valence-electron chi connectivity index (χ0n) is 8.06. The van der Waals surface area contributed by atoms with E-state index >= 15 is 0 Å². The molecule has 2 N–H and O–H groups in total. The number of carbonyl (C=O) groups is 1. The average Bonchev–Trinajstić information content (AvgIpc) is 1.96. The van der Waals surface area contributed by atoms with E-state index in [0.29, 0.717) is 0 Å². The second-order valence-corrected chi connectivity index (χ2v) is 5.55. The van der Waals surface area contributed by atoms with E-state index in [1.165, 1.54) is 6.92 Å². The minimum absolute atomic E-state index is 0.0601. The molecule has 0 amide bonds. The third-order valence-electron chi connectivity index (χ3n) is 2.41. The van der Waals surface area contributed by atoms with Crippen LogP contribution in [0, 0.1) is 5.92 Å². The molecule has 1 saturated carbocycles. The molecule has 82 valence electrons. The summed E-state index contributed by atoms with van der Waals surface area (Å²) in [4.78, 5) is 10.4. The number of carboxylic acid groups (broad SMARTS) is 1. The standard InChI is InChI=1S/C8H15NO4S/c1-6(8(10)11)9-14(12,13)5-7-3-2-4-7/h6-7,9H,2-5H2,1H3,(H,10,11)/t6-/m0/s1. The molecule has 0 aromatic rings. The van der Waals surface area contributed by atoms with E-state index in [9.17, 15) is 13.2 Å². The molecule has 6 heteroatoms. The summed E-state index contributed by atoms with van der Waals surface area (Å²) in [6.45, 7) is 1.32. The van der Waals surface area contributed by atoms with Crippen molar-refractivity contribution in [2.24, 2.45) is 5.92 Å². The normalized spacial score (nSPS) is 20.1. The largest absolute Gasteiger partial charge is 0.480 e. The lowest BCUT2D eigenvalue weighted by molar-refractivity contribution is -0.138. The van der Waals surface area contributed by atoms with Crippen LogP contribution < -0.4 is 4.72 Å². The molecule has 0 saturated heterocycles. The van der Waals surface area contributed by atoms with E-state index in [-0.39, 0.29) is 11.7 Å². The molecule has 5 nitrogen and oxygen atoms in total. The van der Waals surface area contributed by atoms with Crippen LogP contribution in [-0.4, -0.2) is 31.3 Å². The lowest BCUT2D eigenvalue weighted by Crippen LogP contribution is -2.41. The quantitative estimate of drug-likeness (QED) is 0.693. The zero-order chi connectivity index (χ0) is 10.8. The van der Waals surface area contributed by atoms with E-state index in [1.54, 1.807) is 0 Å². The van der Waals surface area contributed by atoms with Crippen LogP contribution in [0.4, 0.5) is 0 Å². The first kappa shape index (κ1) is 11.5. The summed E-state index contributed by atoms with van der Waals surface area (Å²) in [6, 6.07) is -1.04. The van der Waals surface area contributed by atoms with Crippen LogP contribution in [0.1, 0.15) is 26.2 Å². The first-order valence-electron chi connectivity index (χ1n) is 4.63. The number of carboxylic acids is 1. The summed E-state index contributed by atoms with van der Waals surface area (Å²) >= 11 is 0. The second kappa shape index (κ2) is 4.27. The van der Waals surface area contributed by atoms with Crippen molar-refractivity contribution in [3.05, 3.63) is 0 Å². The maximum Gasteiger partial charge on any atom is 0.321 e. The lowest BCUT2D eigenvalue weighted by atomic mass is 9.87. The average molecular weight is 221 g/mol.